The second kappa shape index (κ2) is 3.32. The molecule has 1 rings (SSSR count). The van der Waals surface area contributed by atoms with Crippen LogP contribution in [0.1, 0.15) is 5.56 Å². The average molecular weight is 186 g/mol. The summed E-state index contributed by atoms with van der Waals surface area (Å²) in [5.74, 6) is -0.363. The molecule has 0 heterocycles. The summed E-state index contributed by atoms with van der Waals surface area (Å²) in [6.45, 7) is 1.73. The molecule has 1 nitrogen and oxygen atoms in total. The van der Waals surface area contributed by atoms with Crippen LogP contribution in [0.3, 0.4) is 0 Å². The number of rotatable bonds is 1. The molecule has 0 spiro atoms. The monoisotopic (exact) mass is 186 g/mol. The van der Waals surface area contributed by atoms with Crippen molar-refractivity contribution < 1.29 is 17.9 Å². The van der Waals surface area contributed by atoms with E-state index >= 15 is 0 Å². The summed E-state index contributed by atoms with van der Waals surface area (Å²) < 4.78 is 38.9. The first-order chi connectivity index (χ1) is 5.88. The molecule has 0 bridgehead atoms. The second-order valence-electron chi connectivity index (χ2n) is 2.59. The van der Waals surface area contributed by atoms with Gasteiger partial charge in [0.25, 0.3) is 0 Å². The van der Waals surface area contributed by atoms with Crippen molar-refractivity contribution in [3.63, 3.8) is 0 Å². The van der Waals surface area contributed by atoms with Gasteiger partial charge in [0.1, 0.15) is 13.6 Å². The fraction of sp³-hybridized carbons (Fsp3) is 0.250. The first-order valence-electron chi connectivity index (χ1n) is 3.50. The highest BCUT2D eigenvalue weighted by Gasteiger charge is 2.31. The Balaban J connectivity index is 2.90. The van der Waals surface area contributed by atoms with Crippen LogP contribution in [0, 0.1) is 6.92 Å². The van der Waals surface area contributed by atoms with E-state index in [0.29, 0.717) is 0 Å². The van der Waals surface area contributed by atoms with Crippen LogP contribution in [-0.4, -0.2) is 14.2 Å². The molecular formula is C8H6BF3O. The van der Waals surface area contributed by atoms with E-state index in [1.807, 2.05) is 0 Å². The third-order valence-electron chi connectivity index (χ3n) is 1.39. The number of hydrogen-bond acceptors (Lipinski definition) is 1. The molecule has 13 heavy (non-hydrogen) atoms. The van der Waals surface area contributed by atoms with Gasteiger partial charge in [0.05, 0.1) is 0 Å². The molecule has 0 saturated heterocycles. The maximum absolute atomic E-state index is 11.7. The van der Waals surface area contributed by atoms with Crippen LogP contribution in [0.15, 0.2) is 18.2 Å². The van der Waals surface area contributed by atoms with Crippen LogP contribution in [0.25, 0.3) is 0 Å². The predicted molar refractivity (Wildman–Crippen MR) is 43.3 cm³/mol. The van der Waals surface area contributed by atoms with Gasteiger partial charge < -0.3 is 4.74 Å². The third kappa shape index (κ3) is 3.01. The van der Waals surface area contributed by atoms with Gasteiger partial charge in [-0.05, 0) is 13.0 Å². The van der Waals surface area contributed by atoms with Gasteiger partial charge in [0, 0.05) is 0 Å². The van der Waals surface area contributed by atoms with Crippen LogP contribution in [0.5, 0.6) is 5.75 Å². The molecule has 0 atom stereocenters. The lowest BCUT2D eigenvalue weighted by atomic mass is 9.93. The van der Waals surface area contributed by atoms with Crippen molar-refractivity contribution in [2.24, 2.45) is 0 Å². The predicted octanol–water partition coefficient (Wildman–Crippen LogP) is 1.69. The first kappa shape index (κ1) is 9.96. The van der Waals surface area contributed by atoms with Crippen LogP contribution in [0.4, 0.5) is 13.2 Å². The molecule has 1 aromatic rings. The highest BCUT2D eigenvalue weighted by atomic mass is 19.4. The minimum Gasteiger partial charge on any atom is -0.406 e. The van der Waals surface area contributed by atoms with Crippen molar-refractivity contribution in [3.05, 3.63) is 23.8 Å². The second-order valence-corrected chi connectivity index (χ2v) is 2.59. The molecular weight excluding hydrogens is 180 g/mol. The Morgan fingerprint density at radius 1 is 1.31 bits per heavy atom. The maximum atomic E-state index is 11.7. The summed E-state index contributed by atoms with van der Waals surface area (Å²) in [6, 6.07) is 4.11. The van der Waals surface area contributed by atoms with E-state index in [1.165, 1.54) is 18.2 Å². The summed E-state index contributed by atoms with van der Waals surface area (Å²) in [6.07, 6.45) is -4.69. The average Bonchev–Trinajstić information content (AvgIpc) is 1.93. The molecule has 2 radical (unpaired) electrons. The number of benzene rings is 1. The van der Waals surface area contributed by atoms with Gasteiger partial charge in [-0.2, -0.15) is 0 Å². The molecule has 5 heteroatoms. The summed E-state index contributed by atoms with van der Waals surface area (Å²) in [4.78, 5) is 0. The fourth-order valence-electron chi connectivity index (χ4n) is 0.886. The maximum Gasteiger partial charge on any atom is 0.573 e. The van der Waals surface area contributed by atoms with E-state index in [-0.39, 0.29) is 11.2 Å². The summed E-state index contributed by atoms with van der Waals surface area (Å²) in [5.41, 5.74) is 0.768. The zero-order chi connectivity index (χ0) is 10.1. The first-order valence-corrected chi connectivity index (χ1v) is 3.50. The van der Waals surface area contributed by atoms with Gasteiger partial charge in [-0.1, -0.05) is 23.2 Å². The molecule has 0 amide bonds. The minimum absolute atomic E-state index is 0.0164. The van der Waals surface area contributed by atoms with Crippen LogP contribution < -0.4 is 10.2 Å². The van der Waals surface area contributed by atoms with E-state index in [1.54, 1.807) is 6.92 Å². The van der Waals surface area contributed by atoms with Crippen molar-refractivity contribution in [2.45, 2.75) is 13.3 Å². The Morgan fingerprint density at radius 2 is 1.92 bits per heavy atom. The molecule has 0 N–H and O–H groups in total. The number of ether oxygens (including phenoxy) is 1. The van der Waals surface area contributed by atoms with E-state index < -0.39 is 6.36 Å². The van der Waals surface area contributed by atoms with Gasteiger partial charge in [-0.15, -0.1) is 13.2 Å². The zero-order valence-corrected chi connectivity index (χ0v) is 6.85. The van der Waals surface area contributed by atoms with Crippen LogP contribution in [-0.2, 0) is 0 Å². The Kier molecular flexibility index (Phi) is 2.54. The van der Waals surface area contributed by atoms with Gasteiger partial charge in [-0.3, -0.25) is 0 Å². The highest BCUT2D eigenvalue weighted by molar-refractivity contribution is 6.34. The SMILES string of the molecule is [B]c1cc(C)ccc1OC(F)(F)F. The Labute approximate surface area is 74.9 Å². The number of alkyl halides is 3. The number of halogens is 3. The molecule has 0 fully saturated rings. The Hall–Kier alpha value is -1.13. The number of hydrogen-bond donors (Lipinski definition) is 0. The van der Waals surface area contributed by atoms with Crippen LogP contribution >= 0.6 is 0 Å². The van der Waals surface area contributed by atoms with Crippen molar-refractivity contribution in [1.82, 2.24) is 0 Å². The lowest BCUT2D eigenvalue weighted by Gasteiger charge is -2.11. The van der Waals surface area contributed by atoms with E-state index in [0.717, 1.165) is 5.56 Å². The quantitative estimate of drug-likeness (QED) is 0.606. The van der Waals surface area contributed by atoms with E-state index in [9.17, 15) is 13.2 Å². The lowest BCUT2D eigenvalue weighted by Crippen LogP contribution is -2.21. The minimum atomic E-state index is -4.69. The van der Waals surface area contributed by atoms with Gasteiger partial charge in [-0.25, -0.2) is 0 Å². The fourth-order valence-corrected chi connectivity index (χ4v) is 0.886. The lowest BCUT2D eigenvalue weighted by molar-refractivity contribution is -0.274. The molecule has 0 unspecified atom stereocenters. The van der Waals surface area contributed by atoms with Gasteiger partial charge in [0.2, 0.25) is 0 Å². The van der Waals surface area contributed by atoms with E-state index in [4.69, 9.17) is 7.85 Å². The van der Waals surface area contributed by atoms with E-state index in [2.05, 4.69) is 4.74 Å². The zero-order valence-electron chi connectivity index (χ0n) is 6.85. The van der Waals surface area contributed by atoms with Crippen molar-refractivity contribution >= 4 is 13.3 Å². The van der Waals surface area contributed by atoms with Crippen molar-refractivity contribution in [3.8, 4) is 5.75 Å². The Bertz CT molecular complexity index is 309. The molecule has 0 saturated carbocycles. The topological polar surface area (TPSA) is 9.23 Å². The molecule has 0 aliphatic heterocycles. The van der Waals surface area contributed by atoms with Gasteiger partial charge >= 0.3 is 6.36 Å². The van der Waals surface area contributed by atoms with Gasteiger partial charge in [0.15, 0.2) is 0 Å². The highest BCUT2D eigenvalue weighted by Crippen LogP contribution is 2.20. The van der Waals surface area contributed by atoms with Crippen molar-refractivity contribution in [2.75, 3.05) is 0 Å². The molecule has 0 aliphatic rings. The largest absolute Gasteiger partial charge is 0.573 e. The summed E-state index contributed by atoms with van der Waals surface area (Å²) in [5, 5.41) is 0. The van der Waals surface area contributed by atoms with Crippen molar-refractivity contribution in [1.29, 1.82) is 0 Å². The standard InChI is InChI=1S/C8H6BF3O/c1-5-2-3-7(6(9)4-5)13-8(10,11)12/h2-4H,1H3. The van der Waals surface area contributed by atoms with Crippen LogP contribution in [0.2, 0.25) is 0 Å². The molecule has 1 aromatic carbocycles. The normalized spacial score (nSPS) is 11.4. The number of aryl methyl sites for hydroxylation is 1. The molecule has 0 aliphatic carbocycles. The summed E-state index contributed by atoms with van der Waals surface area (Å²) in [7, 11) is 5.30. The molecule has 68 valence electrons. The summed E-state index contributed by atoms with van der Waals surface area (Å²) >= 11 is 0. The smallest absolute Gasteiger partial charge is 0.406 e. The Morgan fingerprint density at radius 3 is 2.38 bits per heavy atom. The third-order valence-corrected chi connectivity index (χ3v) is 1.39. The molecule has 0 aromatic heterocycles.